The van der Waals surface area contributed by atoms with E-state index in [1.165, 1.54) is 37.2 Å². The van der Waals surface area contributed by atoms with Crippen LogP contribution in [0.25, 0.3) is 0 Å². The van der Waals surface area contributed by atoms with Crippen molar-refractivity contribution in [2.45, 2.75) is 44.8 Å². The molecule has 0 aliphatic heterocycles. The Morgan fingerprint density at radius 3 is 2.55 bits per heavy atom. The van der Waals surface area contributed by atoms with E-state index in [0.29, 0.717) is 5.25 Å². The molecule has 0 spiro atoms. The highest BCUT2D eigenvalue weighted by atomic mass is 32.2. The van der Waals surface area contributed by atoms with Gasteiger partial charge >= 0.3 is 0 Å². The van der Waals surface area contributed by atoms with Gasteiger partial charge in [0.1, 0.15) is 0 Å². The molecule has 0 fully saturated rings. The third kappa shape index (κ3) is 10.7. The van der Waals surface area contributed by atoms with Gasteiger partial charge in [0.25, 0.3) is 0 Å². The van der Waals surface area contributed by atoms with Crippen molar-refractivity contribution in [3.8, 4) is 0 Å². The average Bonchev–Trinajstić information content (AvgIpc) is 1.96. The lowest BCUT2D eigenvalue weighted by atomic mass is 10.3. The minimum Gasteiger partial charge on any atom is -0.162 e. The van der Waals surface area contributed by atoms with Gasteiger partial charge in [0.15, 0.2) is 0 Å². The molecular formula is C9H19S2. The maximum Gasteiger partial charge on any atom is 0.0131 e. The van der Waals surface area contributed by atoms with Crippen LogP contribution in [-0.2, 0) is 0 Å². The van der Waals surface area contributed by atoms with E-state index in [0.717, 1.165) is 0 Å². The number of thioether (sulfide) groups is 1. The summed E-state index contributed by atoms with van der Waals surface area (Å²) in [6.07, 6.45) is 5.30. The standard InChI is InChI=1S/C9H19S2/c1-3-4-5-7-11-8-6-9(2)10/h9H,3-8H2,1-2H3. The molecule has 0 nitrogen and oxygen atoms in total. The van der Waals surface area contributed by atoms with Crippen molar-refractivity contribution >= 4 is 24.4 Å². The van der Waals surface area contributed by atoms with Crippen LogP contribution in [0, 0.1) is 0 Å². The minimum atomic E-state index is 0.466. The quantitative estimate of drug-likeness (QED) is 0.550. The summed E-state index contributed by atoms with van der Waals surface area (Å²) < 4.78 is 0. The van der Waals surface area contributed by atoms with Crippen LogP contribution >= 0.6 is 24.4 Å². The molecule has 0 aromatic carbocycles. The van der Waals surface area contributed by atoms with Crippen molar-refractivity contribution in [1.29, 1.82) is 0 Å². The molecule has 0 bridgehead atoms. The summed E-state index contributed by atoms with van der Waals surface area (Å²) in [5.41, 5.74) is 0. The molecule has 1 unspecified atom stereocenters. The van der Waals surface area contributed by atoms with Crippen LogP contribution in [0.3, 0.4) is 0 Å². The highest BCUT2D eigenvalue weighted by Gasteiger charge is 1.94. The molecule has 0 rings (SSSR count). The summed E-state index contributed by atoms with van der Waals surface area (Å²) in [4.78, 5) is 0. The third-order valence-corrected chi connectivity index (χ3v) is 2.90. The van der Waals surface area contributed by atoms with Crippen LogP contribution in [-0.4, -0.2) is 16.8 Å². The van der Waals surface area contributed by atoms with Gasteiger partial charge in [-0.3, -0.25) is 0 Å². The van der Waals surface area contributed by atoms with Gasteiger partial charge < -0.3 is 0 Å². The van der Waals surface area contributed by atoms with Crippen molar-refractivity contribution in [3.63, 3.8) is 0 Å². The third-order valence-electron chi connectivity index (χ3n) is 1.56. The van der Waals surface area contributed by atoms with Crippen LogP contribution in [0.5, 0.6) is 0 Å². The fourth-order valence-electron chi connectivity index (χ4n) is 0.805. The van der Waals surface area contributed by atoms with Gasteiger partial charge in [0.05, 0.1) is 0 Å². The van der Waals surface area contributed by atoms with Gasteiger partial charge in [-0.2, -0.15) is 11.8 Å². The molecule has 11 heavy (non-hydrogen) atoms. The van der Waals surface area contributed by atoms with Crippen molar-refractivity contribution in [2.24, 2.45) is 0 Å². The molecule has 2 heteroatoms. The van der Waals surface area contributed by atoms with Gasteiger partial charge in [0.2, 0.25) is 0 Å². The second kappa shape index (κ2) is 8.79. The first-order chi connectivity index (χ1) is 5.27. The van der Waals surface area contributed by atoms with Crippen molar-refractivity contribution in [2.75, 3.05) is 11.5 Å². The molecule has 0 saturated heterocycles. The molecule has 0 aromatic rings. The van der Waals surface area contributed by atoms with Gasteiger partial charge in [-0.15, -0.1) is 0 Å². The van der Waals surface area contributed by atoms with E-state index in [-0.39, 0.29) is 0 Å². The minimum absolute atomic E-state index is 0.466. The van der Waals surface area contributed by atoms with E-state index in [2.05, 4.69) is 25.6 Å². The van der Waals surface area contributed by atoms with Gasteiger partial charge in [-0.05, 0) is 24.3 Å². The molecule has 1 atom stereocenters. The lowest BCUT2D eigenvalue weighted by Crippen LogP contribution is -1.93. The second-order valence-corrected chi connectivity index (χ2v) is 4.95. The van der Waals surface area contributed by atoms with E-state index in [1.54, 1.807) is 0 Å². The first kappa shape index (κ1) is 11.7. The van der Waals surface area contributed by atoms with Crippen molar-refractivity contribution in [3.05, 3.63) is 0 Å². The number of unbranched alkanes of at least 4 members (excludes halogenated alkanes) is 2. The van der Waals surface area contributed by atoms with Gasteiger partial charge in [0, 0.05) is 5.25 Å². The predicted molar refractivity (Wildman–Crippen MR) is 58.5 cm³/mol. The molecule has 0 N–H and O–H groups in total. The SMILES string of the molecule is CCCCCSCCC(C)[S]. The Morgan fingerprint density at radius 2 is 2.00 bits per heavy atom. The number of hydrogen-bond acceptors (Lipinski definition) is 1. The molecule has 1 radical (unpaired) electrons. The van der Waals surface area contributed by atoms with E-state index in [9.17, 15) is 0 Å². The Kier molecular flexibility index (Phi) is 9.35. The zero-order valence-electron chi connectivity index (χ0n) is 7.64. The Morgan fingerprint density at radius 1 is 1.27 bits per heavy atom. The van der Waals surface area contributed by atoms with Crippen LogP contribution in [0.4, 0.5) is 0 Å². The summed E-state index contributed by atoms with van der Waals surface area (Å²) in [6.45, 7) is 4.36. The summed E-state index contributed by atoms with van der Waals surface area (Å²) >= 11 is 7.12. The summed E-state index contributed by atoms with van der Waals surface area (Å²) in [7, 11) is 0. The lowest BCUT2D eigenvalue weighted by molar-refractivity contribution is 0.778. The molecule has 0 amide bonds. The van der Waals surface area contributed by atoms with E-state index >= 15 is 0 Å². The Balaban J connectivity index is 2.80. The van der Waals surface area contributed by atoms with Crippen LogP contribution < -0.4 is 0 Å². The fraction of sp³-hybridized carbons (Fsp3) is 1.00. The summed E-state index contributed by atoms with van der Waals surface area (Å²) in [6, 6.07) is 0. The first-order valence-corrected chi connectivity index (χ1v) is 6.13. The molecule has 0 aliphatic carbocycles. The summed E-state index contributed by atoms with van der Waals surface area (Å²) in [5, 5.41) is 0.466. The predicted octanol–water partition coefficient (Wildman–Crippen LogP) is 3.89. The fourth-order valence-corrected chi connectivity index (χ4v) is 2.21. The average molecular weight is 191 g/mol. The second-order valence-electron chi connectivity index (χ2n) is 2.92. The number of hydrogen-bond donors (Lipinski definition) is 0. The van der Waals surface area contributed by atoms with Crippen LogP contribution in [0.2, 0.25) is 0 Å². The molecule has 0 aromatic heterocycles. The Hall–Kier alpha value is 0.700. The van der Waals surface area contributed by atoms with Gasteiger partial charge in [-0.25, -0.2) is 0 Å². The molecule has 0 aliphatic rings. The molecule has 67 valence electrons. The van der Waals surface area contributed by atoms with E-state index < -0.39 is 0 Å². The van der Waals surface area contributed by atoms with Crippen molar-refractivity contribution < 1.29 is 0 Å². The van der Waals surface area contributed by atoms with Crippen molar-refractivity contribution in [1.82, 2.24) is 0 Å². The highest BCUT2D eigenvalue weighted by Crippen LogP contribution is 2.10. The molecule has 0 heterocycles. The van der Waals surface area contributed by atoms with Crippen LogP contribution in [0.1, 0.15) is 39.5 Å². The smallest absolute Gasteiger partial charge is 0.0131 e. The largest absolute Gasteiger partial charge is 0.162 e. The Labute approximate surface area is 80.9 Å². The highest BCUT2D eigenvalue weighted by molar-refractivity contribution is 7.99. The molecule has 0 saturated carbocycles. The van der Waals surface area contributed by atoms with E-state index in [1.807, 2.05) is 0 Å². The monoisotopic (exact) mass is 191 g/mol. The Bertz CT molecular complexity index is 72.0. The van der Waals surface area contributed by atoms with Crippen LogP contribution in [0.15, 0.2) is 0 Å². The maximum atomic E-state index is 5.07. The normalized spacial score (nSPS) is 13.4. The zero-order chi connectivity index (χ0) is 8.53. The molecular weight excluding hydrogens is 172 g/mol. The summed E-state index contributed by atoms with van der Waals surface area (Å²) in [5.74, 6) is 2.59. The zero-order valence-corrected chi connectivity index (χ0v) is 9.27. The number of rotatable bonds is 7. The van der Waals surface area contributed by atoms with E-state index in [4.69, 9.17) is 12.6 Å². The topological polar surface area (TPSA) is 0 Å². The lowest BCUT2D eigenvalue weighted by Gasteiger charge is -2.02. The maximum absolute atomic E-state index is 5.07. The first-order valence-electron chi connectivity index (χ1n) is 4.51. The van der Waals surface area contributed by atoms with Gasteiger partial charge in [-0.1, -0.05) is 39.3 Å².